The van der Waals surface area contributed by atoms with E-state index >= 15 is 0 Å². The maximum absolute atomic E-state index is 5.26. The first-order valence-electron chi connectivity index (χ1n) is 5.32. The normalized spacial score (nSPS) is 30.6. The fourth-order valence-corrected chi connectivity index (χ4v) is 8.65. The molecular formula is C10H20O2S4. The van der Waals surface area contributed by atoms with E-state index in [9.17, 15) is 0 Å². The molecule has 1 aliphatic rings. The largest absolute Gasteiger partial charge is 0.383 e. The van der Waals surface area contributed by atoms with Crippen LogP contribution in [0.3, 0.4) is 0 Å². The Balaban J connectivity index is 2.38. The van der Waals surface area contributed by atoms with Crippen LogP contribution in [0.1, 0.15) is 6.92 Å². The Morgan fingerprint density at radius 1 is 0.938 bits per heavy atom. The molecule has 2 nitrogen and oxygen atoms in total. The average Bonchev–Trinajstić information content (AvgIpc) is 2.27. The first-order valence-corrected chi connectivity index (χ1v) is 9.30. The van der Waals surface area contributed by atoms with Crippen LogP contribution in [0.2, 0.25) is 0 Å². The fraction of sp³-hybridized carbons (Fsp3) is 1.00. The Labute approximate surface area is 116 Å². The summed E-state index contributed by atoms with van der Waals surface area (Å²) in [5.41, 5.74) is 0. The zero-order chi connectivity index (χ0) is 11.8. The van der Waals surface area contributed by atoms with Gasteiger partial charge in [0.2, 0.25) is 0 Å². The summed E-state index contributed by atoms with van der Waals surface area (Å²) in [4.78, 5) is 0. The maximum Gasteiger partial charge on any atom is 0.0759 e. The highest BCUT2D eigenvalue weighted by Gasteiger charge is 2.30. The van der Waals surface area contributed by atoms with Crippen LogP contribution in [-0.4, -0.2) is 52.7 Å². The standard InChI is InChI=1S/C10H20O2S4/c1-4-13-7-10-15-8(5-11-2)14-9(16-10)6-12-3/h8-10H,4-7H2,1-3H3. The van der Waals surface area contributed by atoms with Gasteiger partial charge in [0.15, 0.2) is 0 Å². The molecule has 0 N–H and O–H groups in total. The molecule has 2 atom stereocenters. The topological polar surface area (TPSA) is 18.5 Å². The van der Waals surface area contributed by atoms with E-state index in [1.54, 1.807) is 14.2 Å². The summed E-state index contributed by atoms with van der Waals surface area (Å²) in [5, 5.41) is 0. The molecular weight excluding hydrogens is 280 g/mol. The quantitative estimate of drug-likeness (QED) is 0.713. The van der Waals surface area contributed by atoms with E-state index in [1.807, 2.05) is 23.5 Å². The zero-order valence-electron chi connectivity index (χ0n) is 10.0. The van der Waals surface area contributed by atoms with Gasteiger partial charge in [-0.15, -0.1) is 35.3 Å². The number of thioether (sulfide) groups is 4. The second-order valence-electron chi connectivity index (χ2n) is 3.27. The second kappa shape index (κ2) is 9.28. The highest BCUT2D eigenvalue weighted by atomic mass is 32.3. The van der Waals surface area contributed by atoms with E-state index in [4.69, 9.17) is 9.47 Å². The van der Waals surface area contributed by atoms with E-state index in [1.165, 1.54) is 11.5 Å². The average molecular weight is 301 g/mol. The van der Waals surface area contributed by atoms with Crippen LogP contribution in [0.25, 0.3) is 0 Å². The van der Waals surface area contributed by atoms with Crippen molar-refractivity contribution in [3.8, 4) is 0 Å². The monoisotopic (exact) mass is 300 g/mol. The predicted octanol–water partition coefficient (Wildman–Crippen LogP) is 3.22. The molecule has 6 heteroatoms. The molecule has 0 bridgehead atoms. The van der Waals surface area contributed by atoms with Crippen molar-refractivity contribution in [2.24, 2.45) is 0 Å². The van der Waals surface area contributed by atoms with Gasteiger partial charge in [0, 0.05) is 20.0 Å². The van der Waals surface area contributed by atoms with Crippen LogP contribution in [-0.2, 0) is 9.47 Å². The number of hydrogen-bond donors (Lipinski definition) is 0. The van der Waals surface area contributed by atoms with Gasteiger partial charge in [-0.2, -0.15) is 11.8 Å². The summed E-state index contributed by atoms with van der Waals surface area (Å²) >= 11 is 8.11. The minimum absolute atomic E-state index is 0.564. The third-order valence-electron chi connectivity index (χ3n) is 1.97. The maximum atomic E-state index is 5.26. The molecule has 0 amide bonds. The smallest absolute Gasteiger partial charge is 0.0759 e. The number of ether oxygens (including phenoxy) is 2. The molecule has 0 aromatic rings. The number of hydrogen-bond acceptors (Lipinski definition) is 6. The Kier molecular flexibility index (Phi) is 8.92. The Morgan fingerprint density at radius 3 is 1.88 bits per heavy atom. The van der Waals surface area contributed by atoms with Gasteiger partial charge in [0.05, 0.1) is 27.0 Å². The van der Waals surface area contributed by atoms with Crippen LogP contribution >= 0.6 is 47.0 Å². The van der Waals surface area contributed by atoms with Gasteiger partial charge in [0.1, 0.15) is 0 Å². The zero-order valence-corrected chi connectivity index (χ0v) is 13.3. The highest BCUT2D eigenvalue weighted by Crippen LogP contribution is 2.47. The molecule has 0 aliphatic carbocycles. The molecule has 96 valence electrons. The van der Waals surface area contributed by atoms with Crippen molar-refractivity contribution < 1.29 is 9.47 Å². The summed E-state index contributed by atoms with van der Waals surface area (Å²) < 4.78 is 12.3. The highest BCUT2D eigenvalue weighted by molar-refractivity contribution is 8.34. The third-order valence-corrected chi connectivity index (χ3v) is 8.07. The summed E-state index contributed by atoms with van der Waals surface area (Å²) in [6.45, 7) is 3.89. The number of rotatable bonds is 7. The molecule has 0 radical (unpaired) electrons. The lowest BCUT2D eigenvalue weighted by atomic mass is 10.8. The number of methoxy groups -OCH3 is 2. The van der Waals surface area contributed by atoms with E-state index < -0.39 is 0 Å². The predicted molar refractivity (Wildman–Crippen MR) is 80.9 cm³/mol. The molecule has 1 saturated heterocycles. The summed E-state index contributed by atoms with van der Waals surface area (Å²) in [5.74, 6) is 2.43. The van der Waals surface area contributed by atoms with Crippen LogP contribution in [0, 0.1) is 0 Å². The van der Waals surface area contributed by atoms with Gasteiger partial charge in [0.25, 0.3) is 0 Å². The lowest BCUT2D eigenvalue weighted by Gasteiger charge is -2.33. The lowest BCUT2D eigenvalue weighted by Crippen LogP contribution is -2.25. The molecule has 0 aromatic heterocycles. The molecule has 0 saturated carbocycles. The summed E-state index contributed by atoms with van der Waals surface area (Å²) in [6.07, 6.45) is 0. The van der Waals surface area contributed by atoms with E-state index in [0.717, 1.165) is 13.2 Å². The first kappa shape index (κ1) is 15.4. The molecule has 16 heavy (non-hydrogen) atoms. The van der Waals surface area contributed by atoms with E-state index in [-0.39, 0.29) is 0 Å². The van der Waals surface area contributed by atoms with Crippen molar-refractivity contribution in [1.29, 1.82) is 0 Å². The van der Waals surface area contributed by atoms with Crippen LogP contribution in [0.15, 0.2) is 0 Å². The van der Waals surface area contributed by atoms with Crippen LogP contribution < -0.4 is 0 Å². The molecule has 1 rings (SSSR count). The third kappa shape index (κ3) is 5.78. The minimum Gasteiger partial charge on any atom is -0.383 e. The van der Waals surface area contributed by atoms with Crippen molar-refractivity contribution >= 4 is 47.0 Å². The fourth-order valence-electron chi connectivity index (χ4n) is 1.33. The SMILES string of the molecule is CCSCC1SC(COC)SC(COC)S1. The van der Waals surface area contributed by atoms with Crippen molar-refractivity contribution in [2.45, 2.75) is 20.7 Å². The summed E-state index contributed by atoms with van der Waals surface area (Å²) in [7, 11) is 3.56. The van der Waals surface area contributed by atoms with Gasteiger partial charge in [-0.25, -0.2) is 0 Å². The summed E-state index contributed by atoms with van der Waals surface area (Å²) in [6, 6.07) is 0. The first-order chi connectivity index (χ1) is 7.80. The van der Waals surface area contributed by atoms with Gasteiger partial charge in [-0.05, 0) is 5.75 Å². The van der Waals surface area contributed by atoms with E-state index in [2.05, 4.69) is 30.4 Å². The Bertz CT molecular complexity index is 168. The van der Waals surface area contributed by atoms with Gasteiger partial charge in [-0.3, -0.25) is 0 Å². The molecule has 2 unspecified atom stereocenters. The van der Waals surface area contributed by atoms with Crippen molar-refractivity contribution in [3.63, 3.8) is 0 Å². The van der Waals surface area contributed by atoms with Crippen molar-refractivity contribution in [3.05, 3.63) is 0 Å². The lowest BCUT2D eigenvalue weighted by molar-refractivity contribution is 0.209. The molecule has 1 aliphatic heterocycles. The van der Waals surface area contributed by atoms with Crippen molar-refractivity contribution in [1.82, 2.24) is 0 Å². The van der Waals surface area contributed by atoms with E-state index in [0.29, 0.717) is 13.7 Å². The van der Waals surface area contributed by atoms with Crippen LogP contribution in [0.5, 0.6) is 0 Å². The van der Waals surface area contributed by atoms with Crippen molar-refractivity contribution in [2.75, 3.05) is 38.9 Å². The molecule has 1 fully saturated rings. The Morgan fingerprint density at radius 2 is 1.44 bits per heavy atom. The molecule has 1 heterocycles. The molecule has 0 spiro atoms. The second-order valence-corrected chi connectivity index (χ2v) is 9.71. The van der Waals surface area contributed by atoms with Gasteiger partial charge in [-0.1, -0.05) is 6.92 Å². The van der Waals surface area contributed by atoms with Gasteiger partial charge >= 0.3 is 0 Å². The Hall–Kier alpha value is 1.32. The van der Waals surface area contributed by atoms with Gasteiger partial charge < -0.3 is 9.47 Å². The minimum atomic E-state index is 0.564. The molecule has 0 aromatic carbocycles. The van der Waals surface area contributed by atoms with Crippen LogP contribution in [0.4, 0.5) is 0 Å².